The molecule has 0 bridgehead atoms. The van der Waals surface area contributed by atoms with Crippen molar-refractivity contribution in [3.8, 4) is 0 Å². The van der Waals surface area contributed by atoms with Crippen molar-refractivity contribution in [3.05, 3.63) is 71.7 Å². The Balaban J connectivity index is 1.90. The second-order valence-electron chi connectivity index (χ2n) is 5.53. The van der Waals surface area contributed by atoms with E-state index in [1.807, 2.05) is 36.5 Å². The number of aromatic amines is 1. The lowest BCUT2D eigenvalue weighted by Crippen LogP contribution is -2.06. The highest BCUT2D eigenvalue weighted by molar-refractivity contribution is 5.97. The lowest BCUT2D eigenvalue weighted by molar-refractivity contribution is 0.0973. The molecule has 0 amide bonds. The minimum absolute atomic E-state index is 0.0863. The van der Waals surface area contributed by atoms with Gasteiger partial charge in [0.2, 0.25) is 0 Å². The average molecular weight is 295 g/mol. The molecule has 3 rings (SSSR count). The van der Waals surface area contributed by atoms with Gasteiger partial charge < -0.3 is 4.98 Å². The van der Waals surface area contributed by atoms with Crippen LogP contribution in [0.4, 0.5) is 4.39 Å². The summed E-state index contributed by atoms with van der Waals surface area (Å²) >= 11 is 0. The molecule has 0 saturated heterocycles. The van der Waals surface area contributed by atoms with E-state index in [0.29, 0.717) is 6.42 Å². The van der Waals surface area contributed by atoms with Gasteiger partial charge in [-0.3, -0.25) is 4.79 Å². The first-order valence-corrected chi connectivity index (χ1v) is 7.54. The maximum atomic E-state index is 13.5. The molecule has 3 aromatic rings. The molecule has 2 nitrogen and oxygen atoms in total. The quantitative estimate of drug-likeness (QED) is 0.655. The van der Waals surface area contributed by atoms with Crippen LogP contribution in [0.5, 0.6) is 0 Å². The van der Waals surface area contributed by atoms with Gasteiger partial charge in [0.05, 0.1) is 0 Å². The number of hydrogen-bond acceptors (Lipinski definition) is 1. The van der Waals surface area contributed by atoms with E-state index >= 15 is 0 Å². The number of aromatic nitrogens is 1. The molecule has 0 radical (unpaired) electrons. The lowest BCUT2D eigenvalue weighted by atomic mass is 9.89. The third-order valence-corrected chi connectivity index (χ3v) is 4.14. The molecule has 22 heavy (non-hydrogen) atoms. The van der Waals surface area contributed by atoms with E-state index in [0.717, 1.165) is 28.5 Å². The predicted molar refractivity (Wildman–Crippen MR) is 86.7 cm³/mol. The van der Waals surface area contributed by atoms with Gasteiger partial charge in [-0.15, -0.1) is 0 Å². The van der Waals surface area contributed by atoms with Crippen molar-refractivity contribution in [2.45, 2.75) is 25.7 Å². The summed E-state index contributed by atoms with van der Waals surface area (Å²) in [5.74, 6) is -0.0425. The molecule has 0 aliphatic carbocycles. The van der Waals surface area contributed by atoms with E-state index in [-0.39, 0.29) is 17.5 Å². The van der Waals surface area contributed by atoms with E-state index < -0.39 is 0 Å². The molecule has 0 aliphatic rings. The van der Waals surface area contributed by atoms with Gasteiger partial charge in [0, 0.05) is 29.1 Å². The van der Waals surface area contributed by atoms with Gasteiger partial charge in [-0.05, 0) is 36.1 Å². The first-order chi connectivity index (χ1) is 10.7. The number of ketones is 1. The normalized spacial score (nSPS) is 12.5. The minimum atomic E-state index is -0.252. The Morgan fingerprint density at radius 2 is 1.95 bits per heavy atom. The summed E-state index contributed by atoms with van der Waals surface area (Å²) in [7, 11) is 0. The van der Waals surface area contributed by atoms with Crippen LogP contribution in [-0.4, -0.2) is 10.8 Å². The summed E-state index contributed by atoms with van der Waals surface area (Å²) < 4.78 is 13.5. The minimum Gasteiger partial charge on any atom is -0.361 e. The molecular formula is C19H18FNO. The summed E-state index contributed by atoms with van der Waals surface area (Å²) in [6, 6.07) is 14.0. The van der Waals surface area contributed by atoms with Crippen LogP contribution in [0.2, 0.25) is 0 Å². The van der Waals surface area contributed by atoms with Crippen molar-refractivity contribution in [1.82, 2.24) is 4.98 Å². The number of hydrogen-bond donors (Lipinski definition) is 1. The number of nitrogens with one attached hydrogen (secondary N) is 1. The van der Waals surface area contributed by atoms with Gasteiger partial charge in [-0.25, -0.2) is 4.39 Å². The number of H-pyrrole nitrogens is 1. The fraction of sp³-hybridized carbons (Fsp3) is 0.211. The Labute approximate surface area is 129 Å². The van der Waals surface area contributed by atoms with E-state index in [4.69, 9.17) is 0 Å². The first-order valence-electron chi connectivity index (χ1n) is 7.54. The maximum Gasteiger partial charge on any atom is 0.163 e. The number of carbonyl (C=O) groups excluding carboxylic acids is 1. The molecule has 0 aliphatic heterocycles. The van der Waals surface area contributed by atoms with Crippen molar-refractivity contribution in [2.75, 3.05) is 0 Å². The topological polar surface area (TPSA) is 32.9 Å². The number of Topliss-reactive ketones (excluding diaryl/α,β-unsaturated/α-hetero) is 1. The molecule has 112 valence electrons. The van der Waals surface area contributed by atoms with Crippen molar-refractivity contribution >= 4 is 16.7 Å². The molecule has 0 fully saturated rings. The molecule has 0 saturated carbocycles. The van der Waals surface area contributed by atoms with E-state index in [1.165, 1.54) is 12.1 Å². The monoisotopic (exact) mass is 295 g/mol. The third kappa shape index (κ3) is 2.80. The molecule has 1 N–H and O–H groups in total. The largest absolute Gasteiger partial charge is 0.361 e. The molecule has 0 unspecified atom stereocenters. The Morgan fingerprint density at radius 3 is 2.68 bits per heavy atom. The van der Waals surface area contributed by atoms with Crippen LogP contribution in [0, 0.1) is 5.82 Å². The third-order valence-electron chi connectivity index (χ3n) is 4.14. The van der Waals surface area contributed by atoms with Crippen LogP contribution in [0.15, 0.2) is 54.7 Å². The molecule has 2 aromatic carbocycles. The summed E-state index contributed by atoms with van der Waals surface area (Å²) in [5.41, 5.74) is 2.65. The Kier molecular flexibility index (Phi) is 4.05. The fourth-order valence-corrected chi connectivity index (χ4v) is 2.89. The predicted octanol–water partition coefficient (Wildman–Crippen LogP) is 5.07. The Hall–Kier alpha value is -2.42. The Morgan fingerprint density at radius 1 is 1.18 bits per heavy atom. The van der Waals surface area contributed by atoms with Gasteiger partial charge in [0.15, 0.2) is 5.78 Å². The van der Waals surface area contributed by atoms with Crippen LogP contribution in [-0.2, 0) is 0 Å². The van der Waals surface area contributed by atoms with E-state index in [1.54, 1.807) is 6.07 Å². The van der Waals surface area contributed by atoms with Crippen LogP contribution < -0.4 is 0 Å². The zero-order chi connectivity index (χ0) is 15.5. The number of rotatable bonds is 5. The molecule has 0 spiro atoms. The standard InChI is InChI=1S/C19H18FNO/c1-2-13(10-19(22)14-6-4-3-5-7-14)17-12-21-18-9-8-15(20)11-16(17)18/h3-9,11-13,21H,2,10H2,1H3/t13-/m1/s1. The van der Waals surface area contributed by atoms with E-state index in [9.17, 15) is 9.18 Å². The van der Waals surface area contributed by atoms with E-state index in [2.05, 4.69) is 11.9 Å². The summed E-state index contributed by atoms with van der Waals surface area (Å²) in [6.07, 6.45) is 3.17. The van der Waals surface area contributed by atoms with Crippen molar-refractivity contribution in [1.29, 1.82) is 0 Å². The summed E-state index contributed by atoms with van der Waals surface area (Å²) in [6.45, 7) is 2.06. The second kappa shape index (κ2) is 6.14. The molecule has 1 aromatic heterocycles. The zero-order valence-corrected chi connectivity index (χ0v) is 12.5. The maximum absolute atomic E-state index is 13.5. The van der Waals surface area contributed by atoms with Gasteiger partial charge in [-0.2, -0.15) is 0 Å². The van der Waals surface area contributed by atoms with Gasteiger partial charge in [-0.1, -0.05) is 37.3 Å². The molecule has 3 heteroatoms. The number of benzene rings is 2. The lowest BCUT2D eigenvalue weighted by Gasteiger charge is -2.13. The van der Waals surface area contributed by atoms with Crippen LogP contribution in [0.25, 0.3) is 10.9 Å². The number of fused-ring (bicyclic) bond motifs is 1. The second-order valence-corrected chi connectivity index (χ2v) is 5.53. The first kappa shape index (κ1) is 14.5. The van der Waals surface area contributed by atoms with Crippen molar-refractivity contribution < 1.29 is 9.18 Å². The summed E-state index contributed by atoms with van der Waals surface area (Å²) in [5, 5.41) is 0.868. The highest BCUT2D eigenvalue weighted by Crippen LogP contribution is 2.31. The number of carbonyl (C=O) groups is 1. The van der Waals surface area contributed by atoms with Gasteiger partial charge in [0.1, 0.15) is 5.82 Å². The summed E-state index contributed by atoms with van der Waals surface area (Å²) in [4.78, 5) is 15.6. The highest BCUT2D eigenvalue weighted by Gasteiger charge is 2.19. The molecule has 1 atom stereocenters. The van der Waals surface area contributed by atoms with Crippen LogP contribution >= 0.6 is 0 Å². The SMILES string of the molecule is CC[C@H](CC(=O)c1ccccc1)c1c[nH]c2ccc(F)cc12. The van der Waals surface area contributed by atoms with Gasteiger partial charge >= 0.3 is 0 Å². The van der Waals surface area contributed by atoms with Crippen molar-refractivity contribution in [2.24, 2.45) is 0 Å². The van der Waals surface area contributed by atoms with Crippen LogP contribution in [0.3, 0.4) is 0 Å². The Bertz CT molecular complexity index is 792. The van der Waals surface area contributed by atoms with Crippen LogP contribution in [0.1, 0.15) is 41.6 Å². The van der Waals surface area contributed by atoms with Crippen molar-refractivity contribution in [3.63, 3.8) is 0 Å². The zero-order valence-electron chi connectivity index (χ0n) is 12.5. The highest BCUT2D eigenvalue weighted by atomic mass is 19.1. The average Bonchev–Trinajstić information content (AvgIpc) is 2.96. The fourth-order valence-electron chi connectivity index (χ4n) is 2.89. The van der Waals surface area contributed by atoms with Gasteiger partial charge in [0.25, 0.3) is 0 Å². The molecular weight excluding hydrogens is 277 g/mol. The molecule has 1 heterocycles. The smallest absolute Gasteiger partial charge is 0.163 e. The number of halogens is 1.